The summed E-state index contributed by atoms with van der Waals surface area (Å²) >= 11 is 1.70. The lowest BCUT2D eigenvalue weighted by Crippen LogP contribution is -2.23. The van der Waals surface area contributed by atoms with E-state index >= 15 is 0 Å². The van der Waals surface area contributed by atoms with E-state index in [1.165, 1.54) is 11.9 Å². The maximum atomic E-state index is 12.7. The average molecular weight is 432 g/mol. The van der Waals surface area contributed by atoms with Crippen molar-refractivity contribution in [3.8, 4) is 0 Å². The van der Waals surface area contributed by atoms with E-state index in [-0.39, 0.29) is 11.7 Å². The van der Waals surface area contributed by atoms with E-state index in [0.29, 0.717) is 17.7 Å². The molecular weight excluding hydrogens is 406 g/mol. The van der Waals surface area contributed by atoms with Gasteiger partial charge in [0.15, 0.2) is 0 Å². The van der Waals surface area contributed by atoms with E-state index in [0.717, 1.165) is 23.5 Å². The summed E-state index contributed by atoms with van der Waals surface area (Å²) in [6.07, 6.45) is 0. The lowest BCUT2D eigenvalue weighted by Gasteiger charge is -2.09. The van der Waals surface area contributed by atoms with Gasteiger partial charge in [-0.2, -0.15) is 0 Å². The van der Waals surface area contributed by atoms with E-state index in [1.54, 1.807) is 23.5 Å². The van der Waals surface area contributed by atoms with Gasteiger partial charge in [-0.1, -0.05) is 30.3 Å². The molecule has 3 aromatic rings. The lowest BCUT2D eigenvalue weighted by molar-refractivity contribution is 0.0950. The highest BCUT2D eigenvalue weighted by Gasteiger charge is 2.16. The summed E-state index contributed by atoms with van der Waals surface area (Å²) in [4.78, 5) is 13.9. The summed E-state index contributed by atoms with van der Waals surface area (Å²) in [5.41, 5.74) is 4.29. The highest BCUT2D eigenvalue weighted by molar-refractivity contribution is 7.88. The van der Waals surface area contributed by atoms with Crippen molar-refractivity contribution in [2.75, 3.05) is 7.05 Å². The molecule has 2 N–H and O–H groups in total. The molecule has 0 fully saturated rings. The first kappa shape index (κ1) is 21.3. The molecule has 0 saturated heterocycles. The van der Waals surface area contributed by atoms with E-state index < -0.39 is 10.0 Å². The molecule has 8 heteroatoms. The zero-order valence-corrected chi connectivity index (χ0v) is 18.4. The predicted molar refractivity (Wildman–Crippen MR) is 117 cm³/mol. The van der Waals surface area contributed by atoms with E-state index in [2.05, 4.69) is 26.1 Å². The quantitative estimate of drug-likeness (QED) is 0.575. The van der Waals surface area contributed by atoms with Crippen LogP contribution in [-0.4, -0.2) is 25.9 Å². The van der Waals surface area contributed by atoms with Crippen LogP contribution in [0.25, 0.3) is 0 Å². The van der Waals surface area contributed by atoms with Gasteiger partial charge in [-0.05, 0) is 49.5 Å². The summed E-state index contributed by atoms with van der Waals surface area (Å²) < 4.78 is 27.7. The van der Waals surface area contributed by atoms with Crippen molar-refractivity contribution in [2.24, 2.45) is 0 Å². The molecular formula is C21H25N3O3S2. The third kappa shape index (κ3) is 5.35. The van der Waals surface area contributed by atoms with Crippen LogP contribution < -0.4 is 10.0 Å². The molecule has 0 spiro atoms. The number of hydrogen-bond donors (Lipinski definition) is 2. The maximum Gasteiger partial charge on any atom is 0.253 e. The standard InChI is InChI=1S/C21H25N3O3S2/c1-15-11-20(16(2)24(15)13-19-5-4-10-28-19)21(25)23-12-17-6-8-18(9-7-17)14-29(26,27)22-3/h4-11,22H,12-14H2,1-3H3,(H,23,25). The monoisotopic (exact) mass is 431 g/mol. The number of carbonyl (C=O) groups excluding carboxylic acids is 1. The second-order valence-corrected chi connectivity index (χ2v) is 9.87. The van der Waals surface area contributed by atoms with Crippen molar-refractivity contribution in [3.63, 3.8) is 0 Å². The fourth-order valence-corrected chi connectivity index (χ4v) is 4.62. The van der Waals surface area contributed by atoms with Crippen LogP contribution in [-0.2, 0) is 28.9 Å². The number of nitrogens with zero attached hydrogens (tertiary/aromatic N) is 1. The number of amides is 1. The number of aryl methyl sites for hydroxylation is 1. The molecule has 0 unspecified atom stereocenters. The number of benzene rings is 1. The van der Waals surface area contributed by atoms with Crippen molar-refractivity contribution in [3.05, 3.63) is 80.8 Å². The Morgan fingerprint density at radius 3 is 2.41 bits per heavy atom. The Hall–Kier alpha value is -2.42. The second kappa shape index (κ2) is 8.94. The molecule has 29 heavy (non-hydrogen) atoms. The molecule has 0 radical (unpaired) electrons. The minimum absolute atomic E-state index is 0.0631. The van der Waals surface area contributed by atoms with Crippen LogP contribution in [0.15, 0.2) is 47.8 Å². The minimum Gasteiger partial charge on any atom is -0.348 e. The molecule has 2 heterocycles. The van der Waals surface area contributed by atoms with Gasteiger partial charge >= 0.3 is 0 Å². The van der Waals surface area contributed by atoms with Crippen LogP contribution in [0.4, 0.5) is 0 Å². The second-order valence-electron chi connectivity index (χ2n) is 6.91. The summed E-state index contributed by atoms with van der Waals surface area (Å²) in [6.45, 7) is 5.12. The Kier molecular flexibility index (Phi) is 6.56. The largest absolute Gasteiger partial charge is 0.348 e. The fraction of sp³-hybridized carbons (Fsp3) is 0.286. The van der Waals surface area contributed by atoms with E-state index in [4.69, 9.17) is 0 Å². The van der Waals surface area contributed by atoms with Crippen LogP contribution in [0.5, 0.6) is 0 Å². The van der Waals surface area contributed by atoms with Crippen molar-refractivity contribution in [2.45, 2.75) is 32.7 Å². The van der Waals surface area contributed by atoms with Gasteiger partial charge in [0.25, 0.3) is 5.91 Å². The Morgan fingerprint density at radius 2 is 1.79 bits per heavy atom. The number of hydrogen-bond acceptors (Lipinski definition) is 4. The SMILES string of the molecule is CNS(=O)(=O)Cc1ccc(CNC(=O)c2cc(C)n(Cc3cccs3)c2C)cc1. The van der Waals surface area contributed by atoms with Crippen molar-refractivity contribution < 1.29 is 13.2 Å². The summed E-state index contributed by atoms with van der Waals surface area (Å²) in [6, 6.07) is 13.2. The summed E-state index contributed by atoms with van der Waals surface area (Å²) in [5.74, 6) is -0.177. The van der Waals surface area contributed by atoms with Gasteiger partial charge in [-0.3, -0.25) is 4.79 Å². The third-order valence-electron chi connectivity index (χ3n) is 4.86. The van der Waals surface area contributed by atoms with Crippen molar-refractivity contribution in [1.82, 2.24) is 14.6 Å². The Labute approximate surface area is 175 Å². The van der Waals surface area contributed by atoms with Gasteiger partial charge in [0.1, 0.15) is 0 Å². The molecule has 1 amide bonds. The Bertz CT molecular complexity index is 1080. The zero-order valence-electron chi connectivity index (χ0n) is 16.7. The Balaban J connectivity index is 1.64. The van der Waals surface area contributed by atoms with E-state index in [1.807, 2.05) is 38.1 Å². The van der Waals surface area contributed by atoms with Crippen LogP contribution in [0.3, 0.4) is 0 Å². The molecule has 6 nitrogen and oxygen atoms in total. The molecule has 2 aromatic heterocycles. The molecule has 0 bridgehead atoms. The van der Waals surface area contributed by atoms with Crippen LogP contribution >= 0.6 is 11.3 Å². The first-order chi connectivity index (χ1) is 13.8. The van der Waals surface area contributed by atoms with Crippen LogP contribution in [0.1, 0.15) is 37.7 Å². The number of rotatable bonds is 8. The fourth-order valence-electron chi connectivity index (χ4n) is 3.16. The Morgan fingerprint density at radius 1 is 1.10 bits per heavy atom. The first-order valence-electron chi connectivity index (χ1n) is 9.25. The zero-order chi connectivity index (χ0) is 21.0. The van der Waals surface area contributed by atoms with Gasteiger partial charge in [0.05, 0.1) is 17.9 Å². The van der Waals surface area contributed by atoms with Crippen LogP contribution in [0.2, 0.25) is 0 Å². The van der Waals surface area contributed by atoms with Gasteiger partial charge in [0.2, 0.25) is 10.0 Å². The van der Waals surface area contributed by atoms with Crippen LogP contribution in [0, 0.1) is 13.8 Å². The highest BCUT2D eigenvalue weighted by atomic mass is 32.2. The smallest absolute Gasteiger partial charge is 0.253 e. The van der Waals surface area contributed by atoms with Gasteiger partial charge < -0.3 is 9.88 Å². The highest BCUT2D eigenvalue weighted by Crippen LogP contribution is 2.19. The molecule has 154 valence electrons. The predicted octanol–water partition coefficient (Wildman–Crippen LogP) is 3.19. The topological polar surface area (TPSA) is 80.2 Å². The van der Waals surface area contributed by atoms with Crippen molar-refractivity contribution >= 4 is 27.3 Å². The molecule has 0 saturated carbocycles. The molecule has 0 aliphatic rings. The molecule has 0 aliphatic heterocycles. The van der Waals surface area contributed by atoms with E-state index in [9.17, 15) is 13.2 Å². The van der Waals surface area contributed by atoms with Gasteiger partial charge in [0, 0.05) is 22.8 Å². The number of aromatic nitrogens is 1. The number of sulfonamides is 1. The lowest BCUT2D eigenvalue weighted by atomic mass is 10.1. The normalized spacial score (nSPS) is 11.6. The molecule has 0 atom stereocenters. The van der Waals surface area contributed by atoms with Gasteiger partial charge in [-0.25, -0.2) is 13.1 Å². The minimum atomic E-state index is -3.29. The average Bonchev–Trinajstić information content (AvgIpc) is 3.31. The number of carbonyl (C=O) groups is 1. The molecule has 3 rings (SSSR count). The first-order valence-corrected chi connectivity index (χ1v) is 11.8. The third-order valence-corrected chi connectivity index (χ3v) is 7.05. The summed E-state index contributed by atoms with van der Waals surface area (Å²) in [7, 11) is -1.89. The van der Waals surface area contributed by atoms with Gasteiger partial charge in [-0.15, -0.1) is 11.3 Å². The number of thiophene rings is 1. The molecule has 1 aromatic carbocycles. The molecule has 0 aliphatic carbocycles. The summed E-state index contributed by atoms with van der Waals surface area (Å²) in [5, 5.41) is 5.01. The van der Waals surface area contributed by atoms with Crippen molar-refractivity contribution in [1.29, 1.82) is 0 Å². The maximum absolute atomic E-state index is 12.7. The number of nitrogens with one attached hydrogen (secondary N) is 2.